The van der Waals surface area contributed by atoms with Gasteiger partial charge in [0.25, 0.3) is 0 Å². The minimum atomic E-state index is -0.426. The molecular weight excluding hydrogens is 418 g/mol. The lowest BCUT2D eigenvalue weighted by molar-refractivity contribution is 0.0838. The zero-order valence-corrected chi connectivity index (χ0v) is 17.4. The third-order valence-electron chi connectivity index (χ3n) is 5.16. The molecule has 1 aromatic carbocycles. The summed E-state index contributed by atoms with van der Waals surface area (Å²) in [5.74, 6) is 1.02. The molecule has 0 unspecified atom stereocenters. The molecule has 2 aromatic heterocycles. The summed E-state index contributed by atoms with van der Waals surface area (Å²) in [6.07, 6.45) is 5.11. The first-order valence-electron chi connectivity index (χ1n) is 9.49. The average Bonchev–Trinajstić information content (AvgIpc) is 3.03. The Hall–Kier alpha value is -2.09. The van der Waals surface area contributed by atoms with Gasteiger partial charge in [0.2, 0.25) is 0 Å². The number of hydrogen-bond donors (Lipinski definition) is 1. The van der Waals surface area contributed by atoms with E-state index in [1.165, 1.54) is 0 Å². The SMILES string of the molecule is CCOc1c(Cc2nc(Cl)c3c(N)nccn23)cc(Cl)c(F)c1C1CCOCC1. The molecule has 0 radical (unpaired) electrons. The van der Waals surface area contributed by atoms with Crippen molar-refractivity contribution in [1.82, 2.24) is 14.4 Å². The summed E-state index contributed by atoms with van der Waals surface area (Å²) in [6.45, 7) is 3.46. The van der Waals surface area contributed by atoms with Crippen molar-refractivity contribution >= 4 is 34.5 Å². The molecule has 3 aromatic rings. The smallest absolute Gasteiger partial charge is 0.158 e. The summed E-state index contributed by atoms with van der Waals surface area (Å²) in [7, 11) is 0. The van der Waals surface area contributed by atoms with Crippen LogP contribution < -0.4 is 10.5 Å². The maximum Gasteiger partial charge on any atom is 0.158 e. The molecule has 0 spiro atoms. The van der Waals surface area contributed by atoms with Crippen LogP contribution in [0.25, 0.3) is 5.52 Å². The highest BCUT2D eigenvalue weighted by Crippen LogP contribution is 2.41. The first-order valence-corrected chi connectivity index (χ1v) is 10.2. The number of aromatic nitrogens is 3. The van der Waals surface area contributed by atoms with E-state index < -0.39 is 5.82 Å². The highest BCUT2D eigenvalue weighted by atomic mass is 35.5. The van der Waals surface area contributed by atoms with E-state index in [-0.39, 0.29) is 16.1 Å². The fourth-order valence-corrected chi connectivity index (χ4v) is 4.37. The van der Waals surface area contributed by atoms with Gasteiger partial charge in [-0.2, -0.15) is 0 Å². The first kappa shape index (κ1) is 20.2. The number of imidazole rings is 1. The molecule has 0 amide bonds. The monoisotopic (exact) mass is 438 g/mol. The molecule has 6 nitrogen and oxygen atoms in total. The molecule has 3 heterocycles. The van der Waals surface area contributed by atoms with Crippen molar-refractivity contribution in [3.05, 3.63) is 51.4 Å². The molecule has 0 aliphatic carbocycles. The predicted molar refractivity (Wildman–Crippen MR) is 111 cm³/mol. The van der Waals surface area contributed by atoms with E-state index in [1.54, 1.807) is 22.9 Å². The maximum atomic E-state index is 15.1. The third kappa shape index (κ3) is 3.74. The molecule has 154 valence electrons. The van der Waals surface area contributed by atoms with Crippen LogP contribution >= 0.6 is 23.2 Å². The van der Waals surface area contributed by atoms with Gasteiger partial charge in [-0.1, -0.05) is 23.2 Å². The van der Waals surface area contributed by atoms with Crippen molar-refractivity contribution in [3.8, 4) is 5.75 Å². The van der Waals surface area contributed by atoms with Gasteiger partial charge in [-0.05, 0) is 31.7 Å². The van der Waals surface area contributed by atoms with Gasteiger partial charge in [0.05, 0.1) is 11.6 Å². The van der Waals surface area contributed by atoms with Gasteiger partial charge in [0.15, 0.2) is 11.0 Å². The van der Waals surface area contributed by atoms with Crippen molar-refractivity contribution in [2.24, 2.45) is 0 Å². The Balaban J connectivity index is 1.84. The van der Waals surface area contributed by atoms with Gasteiger partial charge in [0.1, 0.15) is 22.9 Å². The van der Waals surface area contributed by atoms with Crippen molar-refractivity contribution in [1.29, 1.82) is 0 Å². The second-order valence-electron chi connectivity index (χ2n) is 6.92. The second kappa shape index (κ2) is 8.34. The van der Waals surface area contributed by atoms with Crippen molar-refractivity contribution in [3.63, 3.8) is 0 Å². The van der Waals surface area contributed by atoms with Crippen LogP contribution in [0.15, 0.2) is 18.5 Å². The minimum Gasteiger partial charge on any atom is -0.493 e. The number of benzene rings is 1. The number of nitrogens with zero attached hydrogens (tertiary/aromatic N) is 3. The fourth-order valence-electron chi connectivity index (χ4n) is 3.85. The molecule has 0 saturated carbocycles. The number of halogens is 3. The number of nitrogens with two attached hydrogens (primary N) is 1. The Morgan fingerprint density at radius 1 is 1.34 bits per heavy atom. The number of hydrogen-bond acceptors (Lipinski definition) is 5. The van der Waals surface area contributed by atoms with Crippen LogP contribution in [0.4, 0.5) is 10.2 Å². The van der Waals surface area contributed by atoms with Crippen LogP contribution in [0.1, 0.15) is 42.6 Å². The number of nitrogen functional groups attached to an aromatic ring is 1. The Kier molecular flexibility index (Phi) is 5.81. The molecule has 1 fully saturated rings. The van der Waals surface area contributed by atoms with Crippen molar-refractivity contribution in [2.75, 3.05) is 25.6 Å². The quantitative estimate of drug-likeness (QED) is 0.627. The van der Waals surface area contributed by atoms with Gasteiger partial charge < -0.3 is 15.2 Å². The van der Waals surface area contributed by atoms with Crippen LogP contribution in [-0.4, -0.2) is 34.2 Å². The van der Waals surface area contributed by atoms with Crippen LogP contribution in [0.5, 0.6) is 5.75 Å². The van der Waals surface area contributed by atoms with Crippen LogP contribution in [0.2, 0.25) is 10.2 Å². The molecule has 0 atom stereocenters. The highest BCUT2D eigenvalue weighted by Gasteiger charge is 2.28. The highest BCUT2D eigenvalue weighted by molar-refractivity contribution is 6.33. The number of rotatable bonds is 5. The largest absolute Gasteiger partial charge is 0.493 e. The molecule has 1 aliphatic rings. The summed E-state index contributed by atoms with van der Waals surface area (Å²) in [6, 6.07) is 1.60. The first-order chi connectivity index (χ1) is 14.0. The standard InChI is InChI=1S/C20H21Cl2FN4O2/c1-2-29-18-12(9-13(21)16(23)15(18)11-3-7-28-8-4-11)10-14-26-19(22)17-20(24)25-5-6-27(14)17/h5-6,9,11H,2-4,7-8,10H2,1H3,(H2,24,25). The average molecular weight is 439 g/mol. The summed E-state index contributed by atoms with van der Waals surface area (Å²) in [5, 5.41) is 0.333. The van der Waals surface area contributed by atoms with Crippen molar-refractivity contribution < 1.29 is 13.9 Å². The molecule has 9 heteroatoms. The molecule has 4 rings (SSSR count). The summed E-state index contributed by atoms with van der Waals surface area (Å²) in [5.41, 5.74) is 7.75. The van der Waals surface area contributed by atoms with Crippen LogP contribution in [0.3, 0.4) is 0 Å². The molecule has 2 N–H and O–H groups in total. The zero-order chi connectivity index (χ0) is 20.5. The van der Waals surface area contributed by atoms with E-state index in [0.717, 1.165) is 18.4 Å². The van der Waals surface area contributed by atoms with Crippen LogP contribution in [0, 0.1) is 5.82 Å². The van der Waals surface area contributed by atoms with Gasteiger partial charge >= 0.3 is 0 Å². The molecule has 1 aliphatic heterocycles. The summed E-state index contributed by atoms with van der Waals surface area (Å²) in [4.78, 5) is 8.50. The predicted octanol–water partition coefficient (Wildman–Crippen LogP) is 4.64. The lowest BCUT2D eigenvalue weighted by atomic mass is 9.88. The third-order valence-corrected chi connectivity index (χ3v) is 5.70. The number of fused-ring (bicyclic) bond motifs is 1. The fraction of sp³-hybridized carbons (Fsp3) is 0.400. The van der Waals surface area contributed by atoms with E-state index in [2.05, 4.69) is 9.97 Å². The summed E-state index contributed by atoms with van der Waals surface area (Å²) >= 11 is 12.6. The van der Waals surface area contributed by atoms with E-state index in [4.69, 9.17) is 38.4 Å². The van der Waals surface area contributed by atoms with Crippen LogP contribution in [-0.2, 0) is 11.2 Å². The number of ether oxygens (including phenoxy) is 2. The van der Waals surface area contributed by atoms with E-state index >= 15 is 4.39 Å². The normalized spacial score (nSPS) is 15.2. The summed E-state index contributed by atoms with van der Waals surface area (Å²) < 4.78 is 28.2. The van der Waals surface area contributed by atoms with Gasteiger partial charge in [0, 0.05) is 43.2 Å². The van der Waals surface area contributed by atoms with E-state index in [9.17, 15) is 0 Å². The Morgan fingerprint density at radius 3 is 2.83 bits per heavy atom. The van der Waals surface area contributed by atoms with Gasteiger partial charge in [-0.15, -0.1) is 0 Å². The number of anilines is 1. The molecule has 0 bridgehead atoms. The van der Waals surface area contributed by atoms with Gasteiger partial charge in [-0.25, -0.2) is 14.4 Å². The lowest BCUT2D eigenvalue weighted by Crippen LogP contribution is -2.17. The molecule has 1 saturated heterocycles. The Morgan fingerprint density at radius 2 is 2.10 bits per heavy atom. The van der Waals surface area contributed by atoms with Gasteiger partial charge in [-0.3, -0.25) is 4.40 Å². The maximum absolute atomic E-state index is 15.1. The topological polar surface area (TPSA) is 74.7 Å². The zero-order valence-electron chi connectivity index (χ0n) is 15.9. The van der Waals surface area contributed by atoms with E-state index in [1.807, 2.05) is 6.92 Å². The molecule has 29 heavy (non-hydrogen) atoms. The lowest BCUT2D eigenvalue weighted by Gasteiger charge is -2.26. The minimum absolute atomic E-state index is 0.0109. The Bertz CT molecular complexity index is 1050. The second-order valence-corrected chi connectivity index (χ2v) is 7.69. The van der Waals surface area contributed by atoms with E-state index in [0.29, 0.717) is 54.7 Å². The molecular formula is C20H21Cl2FN4O2. The Labute approximate surface area is 177 Å². The van der Waals surface area contributed by atoms with Crippen molar-refractivity contribution in [2.45, 2.75) is 32.1 Å².